The Balaban J connectivity index is 1.53. The van der Waals surface area contributed by atoms with Crippen LogP contribution in [0.15, 0.2) is 53.0 Å². The molecule has 4 aliphatic rings. The van der Waals surface area contributed by atoms with Crippen LogP contribution in [0, 0.1) is 28.6 Å². The van der Waals surface area contributed by atoms with Crippen molar-refractivity contribution in [3.63, 3.8) is 0 Å². The van der Waals surface area contributed by atoms with Gasteiger partial charge in [-0.15, -0.1) is 0 Å². The number of fused-ring (bicyclic) bond motifs is 5. The van der Waals surface area contributed by atoms with Crippen LogP contribution in [0.5, 0.6) is 0 Å². The van der Waals surface area contributed by atoms with E-state index in [1.807, 2.05) is 6.92 Å². The third-order valence-corrected chi connectivity index (χ3v) is 12.7. The summed E-state index contributed by atoms with van der Waals surface area (Å²) in [6, 6.07) is 5.11. The molecule has 1 aromatic carbocycles. The lowest BCUT2D eigenvalue weighted by Gasteiger charge is -2.62. The number of halogens is 2. The maximum Gasteiger partial charge on any atom is 0.517 e. The molecule has 0 aliphatic heterocycles. The van der Waals surface area contributed by atoms with Gasteiger partial charge in [0, 0.05) is 34.1 Å². The number of esters is 1. The van der Waals surface area contributed by atoms with Gasteiger partial charge in [0.15, 0.2) is 17.1 Å². The van der Waals surface area contributed by atoms with Gasteiger partial charge >= 0.3 is 12.1 Å². The van der Waals surface area contributed by atoms with Crippen LogP contribution in [-0.2, 0) is 38.2 Å². The number of carbonyl (C=O) groups is 4. The zero-order valence-corrected chi connectivity index (χ0v) is 28.4. The summed E-state index contributed by atoms with van der Waals surface area (Å²) >= 11 is 5.88. The normalized spacial score (nSPS) is 36.1. The van der Waals surface area contributed by atoms with Crippen LogP contribution < -0.4 is 0 Å². The number of allylic oxidation sites excluding steroid dienone is 4. The summed E-state index contributed by atoms with van der Waals surface area (Å²) in [5, 5.41) is 12.0. The molecule has 13 heteroatoms. The molecule has 3 fully saturated rings. The molecule has 0 bridgehead atoms. The molecule has 47 heavy (non-hydrogen) atoms. The van der Waals surface area contributed by atoms with Crippen molar-refractivity contribution in [3.8, 4) is 0 Å². The number of aliphatic hydroxyl groups excluding tert-OH is 1. The number of rotatable bonds is 9. The molecule has 0 saturated heterocycles. The molecule has 4 aliphatic carbocycles. The Labute approximate surface area is 278 Å². The lowest BCUT2D eigenvalue weighted by atomic mass is 9.44. The molecule has 0 radical (unpaired) electrons. The van der Waals surface area contributed by atoms with Gasteiger partial charge in [-0.1, -0.05) is 50.4 Å². The van der Waals surface area contributed by atoms with Crippen LogP contribution in [0.4, 0.5) is 9.18 Å². The van der Waals surface area contributed by atoms with E-state index in [0.29, 0.717) is 24.8 Å². The summed E-state index contributed by atoms with van der Waals surface area (Å²) in [6.07, 6.45) is 2.56. The smallest absolute Gasteiger partial charge is 0.418 e. The maximum atomic E-state index is 17.7. The first-order valence-electron chi connectivity index (χ1n) is 15.9. The Morgan fingerprint density at radius 2 is 1.81 bits per heavy atom. The minimum absolute atomic E-state index is 0.0694. The number of unbranched alkanes of at least 4 members (excludes halogenated alkanes) is 1. The van der Waals surface area contributed by atoms with Gasteiger partial charge in [0.05, 0.1) is 11.0 Å². The molecule has 256 valence electrons. The van der Waals surface area contributed by atoms with E-state index >= 15 is 4.39 Å². The Morgan fingerprint density at radius 3 is 2.47 bits per heavy atom. The van der Waals surface area contributed by atoms with Gasteiger partial charge in [0.1, 0.15) is 6.61 Å². The van der Waals surface area contributed by atoms with Gasteiger partial charge in [0.25, 0.3) is 10.1 Å². The third kappa shape index (κ3) is 5.58. The Hall–Kier alpha value is -2.93. The standard InChI is InChI=1S/C34H40ClFO10S/c1-5-6-7-29(40)45-30(41)46-34(28(39)19-44-47(42,43)24-11-9-22(35)10-12-24)20(2)16-26-25-13-8-21-17-23(37)14-15-31(21,3)33(25,36)27(38)18-32(26,34)4/h9-12,14-15,17,20,25-27,38H,5-8,13,16,18-19H2,1-4H3/t20-,25+,26+,27+,31+,32+,33+,34+/m1/s1. The van der Waals surface area contributed by atoms with Gasteiger partial charge in [-0.25, -0.2) is 9.18 Å². The highest BCUT2D eigenvalue weighted by molar-refractivity contribution is 7.86. The van der Waals surface area contributed by atoms with Crippen molar-refractivity contribution in [1.82, 2.24) is 0 Å². The molecule has 8 atom stereocenters. The van der Waals surface area contributed by atoms with Gasteiger partial charge in [-0.3, -0.25) is 18.6 Å². The second kappa shape index (κ2) is 12.5. The number of Topliss-reactive ketones (excluding diaryl/α,β-unsaturated/α-hetero) is 1. The maximum absolute atomic E-state index is 17.7. The minimum Gasteiger partial charge on any atom is -0.418 e. The molecule has 5 rings (SSSR count). The number of ketones is 2. The third-order valence-electron chi connectivity index (χ3n) is 11.2. The van der Waals surface area contributed by atoms with Gasteiger partial charge in [0.2, 0.25) is 5.78 Å². The SMILES string of the molecule is CCCCC(=O)OC(=O)O[C@]1(C(=O)COS(=O)(=O)c2ccc(Cl)cc2)[C@H](C)C[C@H]2[C@@H]3CCC4=CC(=O)C=C[C@]4(C)[C@@]3(F)[C@@H](O)C[C@@]21C. The number of hydrogen-bond acceptors (Lipinski definition) is 10. The Morgan fingerprint density at radius 1 is 1.13 bits per heavy atom. The summed E-state index contributed by atoms with van der Waals surface area (Å²) in [5.41, 5.74) is -6.56. The van der Waals surface area contributed by atoms with Crippen molar-refractivity contribution in [2.75, 3.05) is 6.61 Å². The van der Waals surface area contributed by atoms with Crippen LogP contribution in [0.25, 0.3) is 0 Å². The van der Waals surface area contributed by atoms with Crippen molar-refractivity contribution >= 4 is 45.4 Å². The van der Waals surface area contributed by atoms with E-state index in [1.165, 1.54) is 42.5 Å². The van der Waals surface area contributed by atoms with Crippen LogP contribution >= 0.6 is 11.6 Å². The minimum atomic E-state index is -4.47. The number of benzene rings is 1. The molecule has 3 saturated carbocycles. The lowest BCUT2D eigenvalue weighted by Crippen LogP contribution is -2.70. The van der Waals surface area contributed by atoms with Crippen molar-refractivity contribution in [2.45, 2.75) is 94.9 Å². The average Bonchev–Trinajstić information content (AvgIpc) is 3.22. The van der Waals surface area contributed by atoms with Crippen LogP contribution in [0.1, 0.15) is 72.6 Å². The molecule has 1 aromatic rings. The molecule has 0 aromatic heterocycles. The van der Waals surface area contributed by atoms with E-state index in [4.69, 9.17) is 25.3 Å². The summed E-state index contributed by atoms with van der Waals surface area (Å²) in [6.45, 7) is 5.70. The average molecular weight is 695 g/mol. The van der Waals surface area contributed by atoms with Gasteiger partial charge in [-0.05, 0) is 81.4 Å². The molecular formula is C34H40ClFO10S. The zero-order chi connectivity index (χ0) is 34.6. The van der Waals surface area contributed by atoms with Crippen molar-refractivity contribution in [1.29, 1.82) is 0 Å². The quantitative estimate of drug-likeness (QED) is 0.190. The van der Waals surface area contributed by atoms with Crippen molar-refractivity contribution < 1.29 is 50.7 Å². The lowest BCUT2D eigenvalue weighted by molar-refractivity contribution is -0.221. The monoisotopic (exact) mass is 694 g/mol. The summed E-state index contributed by atoms with van der Waals surface area (Å²) in [5.74, 6) is -4.36. The zero-order valence-electron chi connectivity index (χ0n) is 26.8. The Bertz CT molecular complexity index is 1640. The second-order valence-electron chi connectivity index (χ2n) is 13.7. The van der Waals surface area contributed by atoms with Gasteiger partial charge in [-0.2, -0.15) is 8.42 Å². The number of ether oxygens (including phenoxy) is 2. The highest BCUT2D eigenvalue weighted by Crippen LogP contribution is 2.71. The molecule has 1 N–H and O–H groups in total. The summed E-state index contributed by atoms with van der Waals surface area (Å²) < 4.78 is 59.7. The largest absolute Gasteiger partial charge is 0.517 e. The first-order valence-corrected chi connectivity index (χ1v) is 17.7. The highest BCUT2D eigenvalue weighted by Gasteiger charge is 2.77. The molecule has 10 nitrogen and oxygen atoms in total. The molecular weight excluding hydrogens is 655 g/mol. The summed E-state index contributed by atoms with van der Waals surface area (Å²) in [7, 11) is -4.47. The van der Waals surface area contributed by atoms with E-state index < -0.39 is 80.6 Å². The molecule has 0 heterocycles. The predicted octanol–water partition coefficient (Wildman–Crippen LogP) is 5.84. The van der Waals surface area contributed by atoms with E-state index in [9.17, 15) is 32.7 Å². The second-order valence-corrected chi connectivity index (χ2v) is 15.7. The first-order chi connectivity index (χ1) is 22.0. The topological polar surface area (TPSA) is 150 Å². The van der Waals surface area contributed by atoms with Gasteiger partial charge < -0.3 is 14.6 Å². The number of carbonyl (C=O) groups excluding carboxylic acids is 4. The number of alkyl halides is 1. The molecule has 0 unspecified atom stereocenters. The van der Waals surface area contributed by atoms with Crippen LogP contribution in [0.2, 0.25) is 5.02 Å². The molecule has 0 spiro atoms. The predicted molar refractivity (Wildman–Crippen MR) is 167 cm³/mol. The fourth-order valence-corrected chi connectivity index (χ4v) is 9.92. The van der Waals surface area contributed by atoms with Crippen molar-refractivity contribution in [2.24, 2.45) is 28.6 Å². The first kappa shape index (κ1) is 35.4. The van der Waals surface area contributed by atoms with Crippen molar-refractivity contribution in [3.05, 3.63) is 53.1 Å². The van der Waals surface area contributed by atoms with E-state index in [2.05, 4.69) is 0 Å². The molecule has 0 amide bonds. The van der Waals surface area contributed by atoms with E-state index in [0.717, 1.165) is 0 Å². The number of hydrogen-bond donors (Lipinski definition) is 1. The Kier molecular flexibility index (Phi) is 9.41. The van der Waals surface area contributed by atoms with E-state index in [1.54, 1.807) is 20.8 Å². The fraction of sp³-hybridized carbons (Fsp3) is 0.588. The summed E-state index contributed by atoms with van der Waals surface area (Å²) in [4.78, 5) is 51.9. The number of aliphatic hydroxyl groups is 1. The fourth-order valence-electron chi connectivity index (χ4n) is 8.92. The van der Waals surface area contributed by atoms with Crippen LogP contribution in [-0.4, -0.2) is 61.2 Å². The van der Waals surface area contributed by atoms with Crippen LogP contribution in [0.3, 0.4) is 0 Å². The highest BCUT2D eigenvalue weighted by atomic mass is 35.5. The van der Waals surface area contributed by atoms with E-state index in [-0.39, 0.29) is 41.4 Å².